The Labute approximate surface area is 412 Å². The number of pyridine rings is 3. The van der Waals surface area contributed by atoms with Crippen LogP contribution in [0, 0.1) is 39.6 Å². The van der Waals surface area contributed by atoms with Gasteiger partial charge in [0.2, 0.25) is 11.8 Å². The van der Waals surface area contributed by atoms with Gasteiger partial charge in [0, 0.05) is 56.4 Å². The van der Waals surface area contributed by atoms with Crippen LogP contribution in [0.25, 0.3) is 0 Å². The molecule has 0 spiro atoms. The van der Waals surface area contributed by atoms with Gasteiger partial charge in [-0.05, 0) is 69.3 Å². The molecule has 0 saturated carbocycles. The summed E-state index contributed by atoms with van der Waals surface area (Å²) in [6, 6.07) is 14.1. The van der Waals surface area contributed by atoms with Gasteiger partial charge in [0.1, 0.15) is 41.8 Å². The van der Waals surface area contributed by atoms with Crippen LogP contribution in [0.3, 0.4) is 0 Å². The molecule has 3 heterocycles. The molecular weight excluding hydrogens is 1000 g/mol. The van der Waals surface area contributed by atoms with Crippen molar-refractivity contribution in [3.8, 4) is 23.3 Å². The Kier molecular flexibility index (Phi) is 19.2. The monoisotopic (exact) mass is 1040 g/mol. The Hall–Kier alpha value is -6.13. The molecule has 0 aliphatic carbocycles. The van der Waals surface area contributed by atoms with Crippen LogP contribution in [0.1, 0.15) is 72.5 Å². The normalized spacial score (nSPS) is 11.8. The minimum atomic E-state index is -0.679. The van der Waals surface area contributed by atoms with Crippen LogP contribution in [-0.4, -0.2) is 41.0 Å². The second-order valence-corrected chi connectivity index (χ2v) is 15.9. The van der Waals surface area contributed by atoms with Gasteiger partial charge in [-0.2, -0.15) is 5.26 Å². The molecular formula is C44H38Cl6F3N9O5. The number of aromatic nitrogens is 3. The molecule has 0 fully saturated rings. The van der Waals surface area contributed by atoms with Crippen molar-refractivity contribution < 1.29 is 36.9 Å². The van der Waals surface area contributed by atoms with Gasteiger partial charge in [0.15, 0.2) is 34.7 Å². The minimum Gasteiger partial charge on any atom is -0.482 e. The highest BCUT2D eigenvalue weighted by Crippen LogP contribution is 2.39. The Morgan fingerprint density at radius 1 is 0.552 bits per heavy atom. The third-order valence-electron chi connectivity index (χ3n) is 9.08. The number of rotatable bonds is 11. The molecule has 0 amide bonds. The standard InChI is InChI=1S/2C15H14Cl2FN3O2.C14H10Cl2FN3O/c2*1-7(12-9(16)3-4-10(18)13(12)17)23-11-5-8(15(20)22-2)6-21-14(11)19;1-7(12-9(15)2-3-10(17)13(12)16)21-11-4-8(5-18)6-20-14(11)19/h2*3-7,20H,1-2H3,(H2,19,21);2-4,6-7H,1H3,(H2,19,20). The van der Waals surface area contributed by atoms with Gasteiger partial charge in [-0.15, -0.1) is 0 Å². The second-order valence-electron chi connectivity index (χ2n) is 13.6. The molecule has 0 aliphatic heterocycles. The summed E-state index contributed by atoms with van der Waals surface area (Å²) in [4.78, 5) is 11.7. The molecule has 3 unspecified atom stereocenters. The number of nitrogens with one attached hydrogen (secondary N) is 2. The summed E-state index contributed by atoms with van der Waals surface area (Å²) in [5.41, 5.74) is 19.2. The Morgan fingerprint density at radius 3 is 1.15 bits per heavy atom. The molecule has 67 heavy (non-hydrogen) atoms. The van der Waals surface area contributed by atoms with E-state index in [1.807, 2.05) is 6.07 Å². The number of benzene rings is 3. The lowest BCUT2D eigenvalue weighted by atomic mass is 10.1. The van der Waals surface area contributed by atoms with Crippen molar-refractivity contribution in [2.24, 2.45) is 0 Å². The average Bonchev–Trinajstić information content (AvgIpc) is 3.30. The van der Waals surface area contributed by atoms with E-state index in [0.29, 0.717) is 33.4 Å². The highest BCUT2D eigenvalue weighted by atomic mass is 35.5. The molecule has 0 saturated heterocycles. The number of nitrogen functional groups attached to an aromatic ring is 3. The topological polar surface area (TPSA) is 234 Å². The summed E-state index contributed by atoms with van der Waals surface area (Å²) in [5, 5.41) is 24.6. The summed E-state index contributed by atoms with van der Waals surface area (Å²) in [7, 11) is 2.74. The van der Waals surface area contributed by atoms with E-state index in [2.05, 4.69) is 15.0 Å². The molecule has 6 rings (SSSR count). The fourth-order valence-corrected chi connectivity index (χ4v) is 7.72. The predicted molar refractivity (Wildman–Crippen MR) is 255 cm³/mol. The Morgan fingerprint density at radius 2 is 0.851 bits per heavy atom. The molecule has 3 aromatic heterocycles. The van der Waals surface area contributed by atoms with E-state index < -0.39 is 35.8 Å². The van der Waals surface area contributed by atoms with Crippen LogP contribution in [0.5, 0.6) is 17.2 Å². The van der Waals surface area contributed by atoms with Crippen LogP contribution in [0.4, 0.5) is 30.6 Å². The number of nitrogens with two attached hydrogens (primary N) is 3. The van der Waals surface area contributed by atoms with Gasteiger partial charge >= 0.3 is 0 Å². The van der Waals surface area contributed by atoms with E-state index >= 15 is 0 Å². The minimum absolute atomic E-state index is 0.0863. The maximum Gasteiger partial charge on any atom is 0.214 e. The van der Waals surface area contributed by atoms with Crippen LogP contribution < -0.4 is 31.4 Å². The van der Waals surface area contributed by atoms with Crippen molar-refractivity contribution in [1.29, 1.82) is 16.1 Å². The van der Waals surface area contributed by atoms with Gasteiger partial charge in [0.25, 0.3) is 0 Å². The van der Waals surface area contributed by atoms with Crippen LogP contribution in [0.2, 0.25) is 30.1 Å². The zero-order valence-electron chi connectivity index (χ0n) is 35.6. The number of methoxy groups -OCH3 is 2. The molecule has 0 bridgehead atoms. The molecule has 14 nitrogen and oxygen atoms in total. The molecule has 0 radical (unpaired) electrons. The first-order valence-electron chi connectivity index (χ1n) is 19.0. The second kappa shape index (κ2) is 24.1. The third kappa shape index (κ3) is 13.5. The summed E-state index contributed by atoms with van der Waals surface area (Å²) in [6.07, 6.45) is 2.08. The average molecular weight is 1040 g/mol. The first-order chi connectivity index (χ1) is 31.6. The zero-order chi connectivity index (χ0) is 49.9. The van der Waals surface area contributed by atoms with E-state index in [1.54, 1.807) is 20.8 Å². The molecule has 352 valence electrons. The highest BCUT2D eigenvalue weighted by molar-refractivity contribution is 6.37. The Bertz CT molecular complexity index is 2720. The molecule has 8 N–H and O–H groups in total. The van der Waals surface area contributed by atoms with E-state index in [0.717, 1.165) is 0 Å². The lowest BCUT2D eigenvalue weighted by Gasteiger charge is -2.19. The number of ether oxygens (including phenoxy) is 5. The van der Waals surface area contributed by atoms with Crippen molar-refractivity contribution in [2.75, 3.05) is 31.4 Å². The van der Waals surface area contributed by atoms with Crippen molar-refractivity contribution in [3.05, 3.63) is 154 Å². The van der Waals surface area contributed by atoms with Crippen molar-refractivity contribution in [1.82, 2.24) is 15.0 Å². The lowest BCUT2D eigenvalue weighted by molar-refractivity contribution is 0.227. The highest BCUT2D eigenvalue weighted by Gasteiger charge is 2.23. The van der Waals surface area contributed by atoms with E-state index in [4.69, 9.17) is 127 Å². The number of nitrogens with zero attached hydrogens (tertiary/aromatic N) is 4. The number of halogens is 9. The largest absolute Gasteiger partial charge is 0.482 e. The number of nitriles is 1. The summed E-state index contributed by atoms with van der Waals surface area (Å²) < 4.78 is 67.5. The van der Waals surface area contributed by atoms with E-state index in [9.17, 15) is 13.2 Å². The van der Waals surface area contributed by atoms with Crippen LogP contribution in [0.15, 0.2) is 73.2 Å². The van der Waals surface area contributed by atoms with Gasteiger partial charge in [0.05, 0.1) is 46.0 Å². The van der Waals surface area contributed by atoms with Crippen molar-refractivity contribution in [3.63, 3.8) is 0 Å². The van der Waals surface area contributed by atoms with Crippen molar-refractivity contribution >= 4 is 98.9 Å². The van der Waals surface area contributed by atoms with E-state index in [1.165, 1.54) is 87.4 Å². The number of hydrogen-bond donors (Lipinski definition) is 5. The van der Waals surface area contributed by atoms with Gasteiger partial charge in [-0.25, -0.2) is 28.1 Å². The van der Waals surface area contributed by atoms with Crippen LogP contribution in [-0.2, 0) is 9.47 Å². The zero-order valence-corrected chi connectivity index (χ0v) is 40.2. The first-order valence-corrected chi connectivity index (χ1v) is 21.2. The molecule has 3 atom stereocenters. The fraction of sp³-hybridized carbons (Fsp3) is 0.182. The maximum absolute atomic E-state index is 13.6. The summed E-state index contributed by atoms with van der Waals surface area (Å²) in [5.74, 6) is -0.966. The molecule has 6 aromatic rings. The quantitative estimate of drug-likeness (QED) is 0.0463. The smallest absolute Gasteiger partial charge is 0.214 e. The maximum atomic E-state index is 13.6. The fourth-order valence-electron chi connectivity index (χ4n) is 5.69. The molecule has 0 aliphatic rings. The number of anilines is 3. The van der Waals surface area contributed by atoms with Gasteiger partial charge < -0.3 is 40.9 Å². The predicted octanol–water partition coefficient (Wildman–Crippen LogP) is 12.6. The SMILES string of the molecule is CC(Oc1cc(C#N)cnc1N)c1c(Cl)ccc(F)c1Cl.COC(=N)c1cnc(N)c(OC(C)c2c(Cl)ccc(F)c2Cl)c1.COC(=N)c1cnc(N)c(OC(C)c2c(Cl)ccc(F)c2Cl)c1. The van der Waals surface area contributed by atoms with Gasteiger partial charge in [-0.1, -0.05) is 69.6 Å². The van der Waals surface area contributed by atoms with Gasteiger partial charge in [-0.3, -0.25) is 10.8 Å². The Balaban J connectivity index is 0.000000220. The molecule has 3 aromatic carbocycles. The van der Waals surface area contributed by atoms with Crippen LogP contribution >= 0.6 is 69.6 Å². The number of hydrogen-bond acceptors (Lipinski definition) is 14. The summed E-state index contributed by atoms with van der Waals surface area (Å²) >= 11 is 36.0. The summed E-state index contributed by atoms with van der Waals surface area (Å²) in [6.45, 7) is 4.95. The van der Waals surface area contributed by atoms with E-state index in [-0.39, 0.29) is 76.6 Å². The van der Waals surface area contributed by atoms with Crippen molar-refractivity contribution in [2.45, 2.75) is 39.1 Å². The first kappa shape index (κ1) is 53.5. The third-order valence-corrected chi connectivity index (χ3v) is 11.2. The molecule has 23 heteroatoms. The lowest BCUT2D eigenvalue weighted by Crippen LogP contribution is -2.10.